The number of rotatable bonds is 2. The van der Waals surface area contributed by atoms with Crippen molar-refractivity contribution in [2.75, 3.05) is 0 Å². The number of hydrogen-bond acceptors (Lipinski definition) is 3. The van der Waals surface area contributed by atoms with Crippen molar-refractivity contribution in [2.24, 2.45) is 0 Å². The Labute approximate surface area is 132 Å². The summed E-state index contributed by atoms with van der Waals surface area (Å²) in [7, 11) is 0. The van der Waals surface area contributed by atoms with Gasteiger partial charge in [0.05, 0.1) is 5.69 Å². The molecule has 0 saturated carbocycles. The molecule has 0 aliphatic carbocycles. The van der Waals surface area contributed by atoms with Crippen LogP contribution in [0.1, 0.15) is 12.6 Å². The number of allylic oxidation sites excluding steroid dienone is 3. The van der Waals surface area contributed by atoms with E-state index in [1.54, 1.807) is 17.7 Å². The fourth-order valence-corrected chi connectivity index (χ4v) is 4.04. The van der Waals surface area contributed by atoms with E-state index in [4.69, 9.17) is 0 Å². The van der Waals surface area contributed by atoms with Crippen LogP contribution in [0.3, 0.4) is 0 Å². The molecule has 2 aromatic heterocycles. The van der Waals surface area contributed by atoms with E-state index >= 15 is 0 Å². The molecule has 0 atom stereocenters. The quantitative estimate of drug-likeness (QED) is 0.451. The Hall–Kier alpha value is -2.52. The average molecular weight is 302 g/mol. The van der Waals surface area contributed by atoms with Crippen LogP contribution in [0.4, 0.5) is 0 Å². The van der Waals surface area contributed by atoms with Gasteiger partial charge < -0.3 is 0 Å². The Morgan fingerprint density at radius 2 is 1.95 bits per heavy atom. The van der Waals surface area contributed by atoms with Crippen LogP contribution in [0.25, 0.3) is 36.6 Å². The third-order valence-electron chi connectivity index (χ3n) is 3.83. The fourth-order valence-electron chi connectivity index (χ4n) is 2.86. The molecule has 0 aliphatic heterocycles. The van der Waals surface area contributed by atoms with Gasteiger partial charge in [0, 0.05) is 15.5 Å². The normalized spacial score (nSPS) is 11.9. The van der Waals surface area contributed by atoms with Crippen LogP contribution < -0.4 is 0 Å². The Kier molecular flexibility index (Phi) is 3.01. The van der Waals surface area contributed by atoms with Crippen molar-refractivity contribution >= 4 is 48.0 Å². The topological polar surface area (TPSA) is 25.8 Å². The third-order valence-corrected chi connectivity index (χ3v) is 4.98. The van der Waals surface area contributed by atoms with Crippen LogP contribution in [0.15, 0.2) is 61.5 Å². The van der Waals surface area contributed by atoms with Crippen LogP contribution in [-0.2, 0) is 0 Å². The second-order valence-corrected chi connectivity index (χ2v) is 6.19. The van der Waals surface area contributed by atoms with Crippen LogP contribution in [0.2, 0.25) is 0 Å². The summed E-state index contributed by atoms with van der Waals surface area (Å²) in [6.07, 6.45) is 5.61. The maximum absolute atomic E-state index is 4.47. The van der Waals surface area contributed by atoms with E-state index in [2.05, 4.69) is 52.9 Å². The second kappa shape index (κ2) is 5.04. The minimum absolute atomic E-state index is 0.919. The maximum atomic E-state index is 4.47. The predicted octanol–water partition coefficient (Wildman–Crippen LogP) is 5.59. The lowest BCUT2D eigenvalue weighted by atomic mass is 10.0. The summed E-state index contributed by atoms with van der Waals surface area (Å²) in [6, 6.07) is 12.8. The molecule has 0 saturated heterocycles. The lowest BCUT2D eigenvalue weighted by Crippen LogP contribution is -1.88. The smallest absolute Gasteiger partial charge is 0.128 e. The Morgan fingerprint density at radius 3 is 2.82 bits per heavy atom. The van der Waals surface area contributed by atoms with Crippen molar-refractivity contribution in [3.8, 4) is 0 Å². The largest absolute Gasteiger partial charge is 0.236 e. The molecule has 0 unspecified atom stereocenters. The first kappa shape index (κ1) is 13.2. The molecule has 0 aliphatic rings. The van der Waals surface area contributed by atoms with Gasteiger partial charge in [-0.15, -0.1) is 11.3 Å². The van der Waals surface area contributed by atoms with Crippen molar-refractivity contribution in [2.45, 2.75) is 6.92 Å². The molecule has 0 spiro atoms. The average Bonchev–Trinajstić information content (AvgIpc) is 2.94. The first-order chi connectivity index (χ1) is 10.8. The van der Waals surface area contributed by atoms with Gasteiger partial charge in [0.1, 0.15) is 11.2 Å². The zero-order valence-electron chi connectivity index (χ0n) is 12.2. The number of nitrogens with zero attached hydrogens (tertiary/aromatic N) is 2. The van der Waals surface area contributed by atoms with Crippen LogP contribution >= 0.6 is 11.3 Å². The molecular formula is C19H14N2S. The lowest BCUT2D eigenvalue weighted by molar-refractivity contribution is 1.21. The number of aromatic nitrogens is 2. The zero-order valence-corrected chi connectivity index (χ0v) is 13.0. The Balaban J connectivity index is 2.17. The molecule has 0 fully saturated rings. The first-order valence-corrected chi connectivity index (χ1v) is 7.98. The monoisotopic (exact) mass is 302 g/mol. The standard InChI is InChI=1S/C19H14N2S/c1-3-6-12(2)17-16-15-10-9-13-7-4-5-8-14(13)18(15)22-19(16)21-11-20-17/h3-11H,2H2,1H3/b6-3-. The van der Waals surface area contributed by atoms with E-state index in [9.17, 15) is 0 Å². The third kappa shape index (κ3) is 1.86. The molecule has 2 aromatic carbocycles. The first-order valence-electron chi connectivity index (χ1n) is 7.16. The summed E-state index contributed by atoms with van der Waals surface area (Å²) in [4.78, 5) is 9.96. The van der Waals surface area contributed by atoms with Gasteiger partial charge in [0.2, 0.25) is 0 Å². The van der Waals surface area contributed by atoms with Crippen molar-refractivity contribution in [1.29, 1.82) is 0 Å². The van der Waals surface area contributed by atoms with E-state index in [0.29, 0.717) is 0 Å². The predicted molar refractivity (Wildman–Crippen MR) is 96.3 cm³/mol. The maximum Gasteiger partial charge on any atom is 0.128 e. The highest BCUT2D eigenvalue weighted by molar-refractivity contribution is 7.26. The van der Waals surface area contributed by atoms with Gasteiger partial charge in [-0.25, -0.2) is 9.97 Å². The number of hydrogen-bond donors (Lipinski definition) is 0. The van der Waals surface area contributed by atoms with Crippen molar-refractivity contribution in [3.63, 3.8) is 0 Å². The summed E-state index contributed by atoms with van der Waals surface area (Å²) in [5.41, 5.74) is 1.84. The van der Waals surface area contributed by atoms with Gasteiger partial charge in [0.15, 0.2) is 0 Å². The highest BCUT2D eigenvalue weighted by Gasteiger charge is 2.14. The van der Waals surface area contributed by atoms with Gasteiger partial charge in [-0.3, -0.25) is 0 Å². The van der Waals surface area contributed by atoms with E-state index < -0.39 is 0 Å². The van der Waals surface area contributed by atoms with Crippen LogP contribution in [0.5, 0.6) is 0 Å². The lowest BCUT2D eigenvalue weighted by Gasteiger charge is -2.03. The van der Waals surface area contributed by atoms with Gasteiger partial charge >= 0.3 is 0 Å². The fraction of sp³-hybridized carbons (Fsp3) is 0.0526. The SMILES string of the molecule is C=C(/C=C\C)c1ncnc2sc3c4ccccc4ccc3c12. The van der Waals surface area contributed by atoms with Crippen molar-refractivity contribution in [3.05, 3.63) is 67.2 Å². The van der Waals surface area contributed by atoms with Gasteiger partial charge in [-0.05, 0) is 23.3 Å². The minimum Gasteiger partial charge on any atom is -0.236 e. The van der Waals surface area contributed by atoms with Crippen molar-refractivity contribution in [1.82, 2.24) is 9.97 Å². The highest BCUT2D eigenvalue weighted by Crippen LogP contribution is 2.39. The highest BCUT2D eigenvalue weighted by atomic mass is 32.1. The van der Waals surface area contributed by atoms with E-state index in [-0.39, 0.29) is 0 Å². The molecule has 106 valence electrons. The van der Waals surface area contributed by atoms with Crippen LogP contribution in [-0.4, -0.2) is 9.97 Å². The van der Waals surface area contributed by atoms with Crippen molar-refractivity contribution < 1.29 is 0 Å². The minimum atomic E-state index is 0.919. The second-order valence-electron chi connectivity index (χ2n) is 5.19. The Bertz CT molecular complexity index is 1060. The van der Waals surface area contributed by atoms with Gasteiger partial charge in [0.25, 0.3) is 0 Å². The number of benzene rings is 2. The summed E-state index contributed by atoms with van der Waals surface area (Å²) < 4.78 is 1.27. The molecule has 3 heteroatoms. The number of fused-ring (bicyclic) bond motifs is 5. The van der Waals surface area contributed by atoms with E-state index in [1.165, 1.54) is 20.9 Å². The van der Waals surface area contributed by atoms with Gasteiger partial charge in [-0.1, -0.05) is 55.1 Å². The molecule has 22 heavy (non-hydrogen) atoms. The molecule has 0 bridgehead atoms. The molecule has 0 amide bonds. The summed E-state index contributed by atoms with van der Waals surface area (Å²) >= 11 is 1.72. The molecule has 4 rings (SSSR count). The van der Waals surface area contributed by atoms with E-state index in [0.717, 1.165) is 21.5 Å². The van der Waals surface area contributed by atoms with E-state index in [1.807, 2.05) is 19.1 Å². The molecule has 4 aromatic rings. The molecular weight excluding hydrogens is 288 g/mol. The summed E-state index contributed by atoms with van der Waals surface area (Å²) in [5, 5.41) is 4.84. The molecule has 0 N–H and O–H groups in total. The zero-order chi connectivity index (χ0) is 15.1. The van der Waals surface area contributed by atoms with Gasteiger partial charge in [-0.2, -0.15) is 0 Å². The molecule has 2 nitrogen and oxygen atoms in total. The summed E-state index contributed by atoms with van der Waals surface area (Å²) in [6.45, 7) is 6.13. The summed E-state index contributed by atoms with van der Waals surface area (Å²) in [5.74, 6) is 0. The van der Waals surface area contributed by atoms with Crippen LogP contribution in [0, 0.1) is 0 Å². The Morgan fingerprint density at radius 1 is 1.09 bits per heavy atom. The molecule has 2 heterocycles. The number of thiophene rings is 1. The molecule has 0 radical (unpaired) electrons.